The van der Waals surface area contributed by atoms with Crippen LogP contribution in [0.25, 0.3) is 0 Å². The Morgan fingerprint density at radius 3 is 2.35 bits per heavy atom. The number of hydrogen-bond donors (Lipinski definition) is 2. The maximum absolute atomic E-state index is 12.2. The number of carbonyl (C=O) groups is 1. The van der Waals surface area contributed by atoms with Crippen LogP contribution in [0.4, 0.5) is 0 Å². The van der Waals surface area contributed by atoms with E-state index >= 15 is 0 Å². The van der Waals surface area contributed by atoms with E-state index in [4.69, 9.17) is 5.11 Å². The molecule has 20 heavy (non-hydrogen) atoms. The lowest BCUT2D eigenvalue weighted by atomic mass is 9.96. The zero-order valence-corrected chi connectivity index (χ0v) is 13.1. The molecule has 0 bridgehead atoms. The van der Waals surface area contributed by atoms with Gasteiger partial charge in [-0.1, -0.05) is 26.7 Å². The third kappa shape index (κ3) is 3.61. The topological polar surface area (TPSA) is 88.4 Å². The van der Waals surface area contributed by atoms with Crippen molar-refractivity contribution in [3.8, 4) is 0 Å². The number of hydrogen-bond acceptors (Lipinski definition) is 3. The lowest BCUT2D eigenvalue weighted by molar-refractivity contribution is 0.0686. The van der Waals surface area contributed by atoms with Crippen molar-refractivity contribution in [2.24, 2.45) is 13.0 Å². The highest BCUT2D eigenvalue weighted by Crippen LogP contribution is 2.18. The smallest absolute Gasteiger partial charge is 0.352 e. The molecule has 6 nitrogen and oxygen atoms in total. The summed E-state index contributed by atoms with van der Waals surface area (Å²) < 4.78 is 28.4. The van der Waals surface area contributed by atoms with E-state index in [-0.39, 0.29) is 22.5 Å². The third-order valence-corrected chi connectivity index (χ3v) is 5.13. The summed E-state index contributed by atoms with van der Waals surface area (Å²) in [4.78, 5) is 10.9. The lowest BCUT2D eigenvalue weighted by Gasteiger charge is -2.21. The van der Waals surface area contributed by atoms with Crippen molar-refractivity contribution < 1.29 is 18.3 Å². The standard InChI is InChI=1S/C13H22N2O4S/c1-5-10(6-2)9(3)14-20(18,19)11-7-12(13(16)17)15(4)8-11/h7-10,14H,5-6H2,1-4H3,(H,16,17). The minimum absolute atomic E-state index is 0.0183. The largest absolute Gasteiger partial charge is 0.477 e. The molecule has 0 spiro atoms. The van der Waals surface area contributed by atoms with E-state index < -0.39 is 16.0 Å². The highest BCUT2D eigenvalue weighted by molar-refractivity contribution is 7.89. The van der Waals surface area contributed by atoms with Crippen molar-refractivity contribution in [2.75, 3.05) is 0 Å². The number of nitrogens with one attached hydrogen (secondary N) is 1. The Kier molecular flexibility index (Phi) is 5.35. The Balaban J connectivity index is 3.00. The molecule has 1 aromatic heterocycles. The van der Waals surface area contributed by atoms with E-state index in [0.29, 0.717) is 0 Å². The van der Waals surface area contributed by atoms with Gasteiger partial charge in [-0.2, -0.15) is 0 Å². The van der Waals surface area contributed by atoms with Gasteiger partial charge in [-0.05, 0) is 18.9 Å². The van der Waals surface area contributed by atoms with Crippen LogP contribution in [0.5, 0.6) is 0 Å². The summed E-state index contributed by atoms with van der Waals surface area (Å²) in [7, 11) is -2.19. The first-order valence-corrected chi connectivity index (χ1v) is 8.13. The third-order valence-electron chi connectivity index (χ3n) is 3.61. The molecule has 0 fully saturated rings. The van der Waals surface area contributed by atoms with E-state index in [9.17, 15) is 13.2 Å². The first-order chi connectivity index (χ1) is 9.22. The first kappa shape index (κ1) is 16.7. The van der Waals surface area contributed by atoms with Gasteiger partial charge in [0.15, 0.2) is 0 Å². The Morgan fingerprint density at radius 1 is 1.40 bits per heavy atom. The summed E-state index contributed by atoms with van der Waals surface area (Å²) >= 11 is 0. The zero-order chi connectivity index (χ0) is 15.5. The molecule has 0 aliphatic heterocycles. The van der Waals surface area contributed by atoms with Crippen LogP contribution < -0.4 is 4.72 Å². The van der Waals surface area contributed by atoms with Crippen LogP contribution in [-0.2, 0) is 17.1 Å². The molecule has 0 aliphatic carbocycles. The van der Waals surface area contributed by atoms with E-state index in [2.05, 4.69) is 4.72 Å². The van der Waals surface area contributed by atoms with Gasteiger partial charge < -0.3 is 9.67 Å². The minimum Gasteiger partial charge on any atom is -0.477 e. The maximum atomic E-state index is 12.2. The van der Waals surface area contributed by atoms with Gasteiger partial charge in [0, 0.05) is 19.3 Å². The maximum Gasteiger partial charge on any atom is 0.352 e. The van der Waals surface area contributed by atoms with Gasteiger partial charge in [0.05, 0.1) is 0 Å². The second-order valence-corrected chi connectivity index (χ2v) is 6.68. The summed E-state index contributed by atoms with van der Waals surface area (Å²) in [6.45, 7) is 5.87. The van der Waals surface area contributed by atoms with Gasteiger partial charge in [0.2, 0.25) is 10.0 Å². The SMILES string of the molecule is CCC(CC)C(C)NS(=O)(=O)c1cc(C(=O)O)n(C)c1. The second-order valence-electron chi connectivity index (χ2n) is 4.96. The van der Waals surface area contributed by atoms with Gasteiger partial charge >= 0.3 is 5.97 Å². The van der Waals surface area contributed by atoms with Crippen LogP contribution in [0.1, 0.15) is 44.1 Å². The molecule has 0 saturated heterocycles. The number of sulfonamides is 1. The lowest BCUT2D eigenvalue weighted by Crippen LogP contribution is -2.37. The highest BCUT2D eigenvalue weighted by atomic mass is 32.2. The molecular weight excluding hydrogens is 280 g/mol. The molecule has 0 radical (unpaired) electrons. The molecule has 0 aromatic carbocycles. The Bertz CT molecular complexity index is 573. The Labute approximate surface area is 119 Å². The van der Waals surface area contributed by atoms with E-state index in [0.717, 1.165) is 12.8 Å². The molecule has 0 saturated carbocycles. The van der Waals surface area contributed by atoms with Crippen LogP contribution in [-0.4, -0.2) is 30.1 Å². The number of carboxylic acid groups (broad SMARTS) is 1. The highest BCUT2D eigenvalue weighted by Gasteiger charge is 2.24. The molecule has 1 atom stereocenters. The predicted octanol–water partition coefficient (Wildman–Crippen LogP) is 1.83. The van der Waals surface area contributed by atoms with Crippen molar-refractivity contribution in [3.63, 3.8) is 0 Å². The van der Waals surface area contributed by atoms with Crippen molar-refractivity contribution in [3.05, 3.63) is 18.0 Å². The summed E-state index contributed by atoms with van der Waals surface area (Å²) in [6.07, 6.45) is 3.08. The fourth-order valence-electron chi connectivity index (χ4n) is 2.30. The van der Waals surface area contributed by atoms with E-state index in [1.165, 1.54) is 23.9 Å². The second kappa shape index (κ2) is 6.41. The number of aromatic nitrogens is 1. The van der Waals surface area contributed by atoms with E-state index in [1.54, 1.807) is 0 Å². The average Bonchev–Trinajstić information content (AvgIpc) is 2.73. The fraction of sp³-hybridized carbons (Fsp3) is 0.615. The monoisotopic (exact) mass is 302 g/mol. The van der Waals surface area contributed by atoms with Crippen LogP contribution in [0.2, 0.25) is 0 Å². The van der Waals surface area contributed by atoms with Gasteiger partial charge in [0.1, 0.15) is 10.6 Å². The number of carboxylic acids is 1. The Hall–Kier alpha value is -1.34. The van der Waals surface area contributed by atoms with Gasteiger partial charge in [0.25, 0.3) is 0 Å². The molecule has 2 N–H and O–H groups in total. The normalized spacial score (nSPS) is 13.7. The predicted molar refractivity (Wildman–Crippen MR) is 76.2 cm³/mol. The van der Waals surface area contributed by atoms with Crippen LogP contribution in [0, 0.1) is 5.92 Å². The van der Waals surface area contributed by atoms with Gasteiger partial charge in [-0.25, -0.2) is 17.9 Å². The molecule has 1 aromatic rings. The van der Waals surface area contributed by atoms with Crippen molar-refractivity contribution in [1.82, 2.24) is 9.29 Å². The van der Waals surface area contributed by atoms with E-state index in [1.807, 2.05) is 20.8 Å². The van der Waals surface area contributed by atoms with Crippen LogP contribution in [0.3, 0.4) is 0 Å². The molecule has 1 heterocycles. The molecule has 1 unspecified atom stereocenters. The van der Waals surface area contributed by atoms with Crippen LogP contribution in [0.15, 0.2) is 17.2 Å². The number of nitrogens with zero attached hydrogens (tertiary/aromatic N) is 1. The average molecular weight is 302 g/mol. The zero-order valence-electron chi connectivity index (χ0n) is 12.3. The molecule has 7 heteroatoms. The molecule has 0 amide bonds. The number of aryl methyl sites for hydroxylation is 1. The summed E-state index contributed by atoms with van der Waals surface area (Å²) in [5, 5.41) is 8.95. The first-order valence-electron chi connectivity index (χ1n) is 6.64. The minimum atomic E-state index is -3.69. The molecule has 1 rings (SSSR count). The summed E-state index contributed by atoms with van der Waals surface area (Å²) in [5.41, 5.74) is -0.0550. The van der Waals surface area contributed by atoms with Gasteiger partial charge in [-0.15, -0.1) is 0 Å². The van der Waals surface area contributed by atoms with Crippen molar-refractivity contribution in [1.29, 1.82) is 0 Å². The number of rotatable bonds is 7. The molecule has 114 valence electrons. The van der Waals surface area contributed by atoms with Gasteiger partial charge in [-0.3, -0.25) is 0 Å². The Morgan fingerprint density at radius 2 is 1.95 bits per heavy atom. The fourth-order valence-corrected chi connectivity index (χ4v) is 3.68. The summed E-state index contributed by atoms with van der Waals surface area (Å²) in [5.74, 6) is -0.894. The quantitative estimate of drug-likeness (QED) is 0.804. The van der Waals surface area contributed by atoms with Crippen LogP contribution >= 0.6 is 0 Å². The molecule has 0 aliphatic rings. The number of aromatic carboxylic acids is 1. The molecular formula is C13H22N2O4S. The van der Waals surface area contributed by atoms with Crippen molar-refractivity contribution in [2.45, 2.75) is 44.6 Å². The van der Waals surface area contributed by atoms with Crippen molar-refractivity contribution >= 4 is 16.0 Å². The summed E-state index contributed by atoms with van der Waals surface area (Å²) in [6, 6.07) is 0.980.